The molecule has 0 heterocycles. The lowest BCUT2D eigenvalue weighted by atomic mass is 9.99. The smallest absolute Gasteiger partial charge is 0.462 e. The normalized spacial score (nSPS) is 14.6. The molecule has 0 bridgehead atoms. The minimum absolute atomic E-state index is 0.107. The van der Waals surface area contributed by atoms with E-state index in [1.165, 1.54) is 263 Å². The van der Waals surface area contributed by atoms with E-state index in [4.69, 9.17) is 37.0 Å². The number of hydrogen-bond donors (Lipinski definition) is 3. The highest BCUT2D eigenvalue weighted by atomic mass is 31.2. The average molecular weight is 1580 g/mol. The summed E-state index contributed by atoms with van der Waals surface area (Å²) in [5.74, 6) is 1.15. The molecule has 108 heavy (non-hydrogen) atoms. The molecule has 0 spiro atoms. The van der Waals surface area contributed by atoms with Crippen LogP contribution < -0.4 is 0 Å². The molecule has 5 unspecified atom stereocenters. The molecule has 0 aliphatic heterocycles. The quantitative estimate of drug-likeness (QED) is 0.0222. The molecule has 0 saturated heterocycles. The van der Waals surface area contributed by atoms with Crippen molar-refractivity contribution in [3.63, 3.8) is 0 Å². The summed E-state index contributed by atoms with van der Waals surface area (Å²) in [4.78, 5) is 73.3. The Morgan fingerprint density at radius 1 is 0.259 bits per heavy atom. The molecule has 17 nitrogen and oxygen atoms in total. The topological polar surface area (TPSA) is 237 Å². The van der Waals surface area contributed by atoms with Crippen molar-refractivity contribution in [2.24, 2.45) is 23.7 Å². The van der Waals surface area contributed by atoms with Crippen LogP contribution in [0.3, 0.4) is 0 Å². The first-order valence-electron chi connectivity index (χ1n) is 45.8. The van der Waals surface area contributed by atoms with E-state index >= 15 is 0 Å². The predicted molar refractivity (Wildman–Crippen MR) is 446 cm³/mol. The van der Waals surface area contributed by atoms with E-state index in [1.807, 2.05) is 0 Å². The second-order valence-electron chi connectivity index (χ2n) is 33.2. The van der Waals surface area contributed by atoms with Crippen molar-refractivity contribution in [2.45, 2.75) is 485 Å². The lowest BCUT2D eigenvalue weighted by Crippen LogP contribution is -2.30. The molecule has 0 amide bonds. The third-order valence-electron chi connectivity index (χ3n) is 21.9. The fraction of sp³-hybridized carbons (Fsp3) is 0.955. The zero-order chi connectivity index (χ0) is 79.5. The monoisotopic (exact) mass is 1580 g/mol. The number of esters is 4. The number of aliphatic hydroxyl groups excluding tert-OH is 1. The number of carbonyl (C=O) groups excluding carboxylic acids is 4. The van der Waals surface area contributed by atoms with Gasteiger partial charge in [0.25, 0.3) is 0 Å². The molecule has 0 aromatic carbocycles. The second kappa shape index (κ2) is 77.6. The molecule has 0 fully saturated rings. The third kappa shape index (κ3) is 78.0. The Bertz CT molecular complexity index is 2100. The number of unbranched alkanes of at least 4 members (excludes halogenated alkanes) is 49. The van der Waals surface area contributed by atoms with Gasteiger partial charge in [-0.15, -0.1) is 0 Å². The zero-order valence-corrected chi connectivity index (χ0v) is 73.3. The number of aliphatic hydroxyl groups is 1. The molecule has 3 N–H and O–H groups in total. The molecule has 642 valence electrons. The largest absolute Gasteiger partial charge is 0.472 e. The first kappa shape index (κ1) is 106. The van der Waals surface area contributed by atoms with Crippen LogP contribution in [0, 0.1) is 23.7 Å². The summed E-state index contributed by atoms with van der Waals surface area (Å²) in [6.07, 6.45) is 68.0. The summed E-state index contributed by atoms with van der Waals surface area (Å²) in [6.45, 7) is 14.4. The Morgan fingerprint density at radius 3 is 0.657 bits per heavy atom. The van der Waals surface area contributed by atoms with Gasteiger partial charge in [0.15, 0.2) is 12.2 Å². The van der Waals surface area contributed by atoms with Gasteiger partial charge in [-0.25, -0.2) is 9.13 Å². The first-order chi connectivity index (χ1) is 52.2. The van der Waals surface area contributed by atoms with E-state index in [0.717, 1.165) is 120 Å². The van der Waals surface area contributed by atoms with Gasteiger partial charge >= 0.3 is 39.5 Å². The van der Waals surface area contributed by atoms with Crippen LogP contribution in [-0.2, 0) is 65.4 Å². The zero-order valence-electron chi connectivity index (χ0n) is 71.5. The van der Waals surface area contributed by atoms with Crippen molar-refractivity contribution in [3.8, 4) is 0 Å². The van der Waals surface area contributed by atoms with Crippen LogP contribution in [-0.4, -0.2) is 96.7 Å². The van der Waals surface area contributed by atoms with Crippen LogP contribution >= 0.6 is 15.6 Å². The van der Waals surface area contributed by atoms with E-state index in [9.17, 15) is 43.2 Å². The summed E-state index contributed by atoms with van der Waals surface area (Å²) in [7, 11) is -9.93. The van der Waals surface area contributed by atoms with Crippen molar-refractivity contribution in [3.05, 3.63) is 0 Å². The van der Waals surface area contributed by atoms with Gasteiger partial charge in [-0.05, 0) is 49.4 Å². The summed E-state index contributed by atoms with van der Waals surface area (Å²) < 4.78 is 69.0. The molecular weight excluding hydrogens is 1400 g/mol. The van der Waals surface area contributed by atoms with Crippen LogP contribution in [0.4, 0.5) is 0 Å². The van der Waals surface area contributed by atoms with Gasteiger partial charge < -0.3 is 33.8 Å². The standard InChI is InChI=1S/C89H174O17P2/c1-9-80(6)66-58-50-42-36-30-24-18-14-12-13-15-19-27-33-39-45-55-63-71-88(93)105-84(75-99-86(91)69-61-53-44-38-32-26-20-16-17-23-29-35-41-49-57-65-79(4)5)77-103-107(95,96)101-73-83(90)74-102-108(97,98)104-78-85(76-100-87(92)70-62-54-48-47-52-60-68-82(8)11-3)106-89(94)72-64-56-46-40-34-28-22-21-25-31-37-43-51-59-67-81(7)10-2/h79-85,90H,9-78H2,1-8H3,(H,95,96)(H,97,98)/t80?,81?,82?,83-,84-,85-/m1/s1. The van der Waals surface area contributed by atoms with Gasteiger partial charge in [0.1, 0.15) is 19.3 Å². The lowest BCUT2D eigenvalue weighted by Gasteiger charge is -2.21. The summed E-state index contributed by atoms with van der Waals surface area (Å²) in [6, 6.07) is 0. The second-order valence-corrected chi connectivity index (χ2v) is 36.1. The minimum atomic E-state index is -4.97. The fourth-order valence-electron chi connectivity index (χ4n) is 13.8. The van der Waals surface area contributed by atoms with Crippen LogP contribution in [0.15, 0.2) is 0 Å². The highest BCUT2D eigenvalue weighted by Gasteiger charge is 2.31. The van der Waals surface area contributed by atoms with E-state index in [0.29, 0.717) is 25.7 Å². The van der Waals surface area contributed by atoms with E-state index in [1.54, 1.807) is 0 Å². The molecule has 0 rings (SSSR count). The number of hydrogen-bond acceptors (Lipinski definition) is 15. The maximum atomic E-state index is 13.2. The highest BCUT2D eigenvalue weighted by molar-refractivity contribution is 7.47. The van der Waals surface area contributed by atoms with Gasteiger partial charge in [0, 0.05) is 25.7 Å². The van der Waals surface area contributed by atoms with Crippen LogP contribution in [0.2, 0.25) is 0 Å². The predicted octanol–water partition coefficient (Wildman–Crippen LogP) is 27.1. The maximum absolute atomic E-state index is 13.2. The Balaban J connectivity index is 5.23. The average Bonchev–Trinajstić information content (AvgIpc) is 0.903. The molecule has 0 radical (unpaired) electrons. The van der Waals surface area contributed by atoms with Gasteiger partial charge in [-0.1, -0.05) is 415 Å². The summed E-state index contributed by atoms with van der Waals surface area (Å²) in [5, 5.41) is 10.7. The Kier molecular flexibility index (Phi) is 76.2. The number of ether oxygens (including phenoxy) is 4. The molecular formula is C89H174O17P2. The van der Waals surface area contributed by atoms with Crippen molar-refractivity contribution in [2.75, 3.05) is 39.6 Å². The highest BCUT2D eigenvalue weighted by Crippen LogP contribution is 2.45. The maximum Gasteiger partial charge on any atom is 0.472 e. The summed E-state index contributed by atoms with van der Waals surface area (Å²) in [5.41, 5.74) is 0. The van der Waals surface area contributed by atoms with Crippen molar-refractivity contribution in [1.29, 1.82) is 0 Å². The van der Waals surface area contributed by atoms with Crippen LogP contribution in [0.1, 0.15) is 466 Å². The lowest BCUT2D eigenvalue weighted by molar-refractivity contribution is -0.161. The van der Waals surface area contributed by atoms with Gasteiger partial charge in [-0.2, -0.15) is 0 Å². The molecule has 19 heteroatoms. The molecule has 0 aliphatic carbocycles. The van der Waals surface area contributed by atoms with E-state index < -0.39 is 97.5 Å². The van der Waals surface area contributed by atoms with Crippen LogP contribution in [0.5, 0.6) is 0 Å². The van der Waals surface area contributed by atoms with Crippen molar-refractivity contribution >= 4 is 39.5 Å². The fourth-order valence-corrected chi connectivity index (χ4v) is 15.3. The molecule has 0 aromatic heterocycles. The van der Waals surface area contributed by atoms with Crippen LogP contribution in [0.25, 0.3) is 0 Å². The molecule has 0 aromatic rings. The number of carbonyl (C=O) groups is 4. The number of rotatable bonds is 86. The Morgan fingerprint density at radius 2 is 0.444 bits per heavy atom. The minimum Gasteiger partial charge on any atom is -0.462 e. The van der Waals surface area contributed by atoms with Crippen molar-refractivity contribution in [1.82, 2.24) is 0 Å². The summed E-state index contributed by atoms with van der Waals surface area (Å²) >= 11 is 0. The first-order valence-corrected chi connectivity index (χ1v) is 48.8. The Hall–Kier alpha value is -1.94. The SMILES string of the molecule is CCC(C)CCCCCCCCCCCCCCCCCCCCC(=O)O[C@H](COC(=O)CCCCCCCCCCCCCCCCCC(C)C)COP(=O)(O)OC[C@@H](O)COP(=O)(O)OC[C@@H](COC(=O)CCCCCCCCC(C)CC)OC(=O)CCCCCCCCCCCCCCCCC(C)CC. The molecule has 0 aliphatic rings. The number of phosphoric acid groups is 2. The van der Waals surface area contributed by atoms with Gasteiger partial charge in [-0.3, -0.25) is 37.3 Å². The Labute approximate surface area is 664 Å². The van der Waals surface area contributed by atoms with Gasteiger partial charge in [0.2, 0.25) is 0 Å². The number of phosphoric ester groups is 2. The third-order valence-corrected chi connectivity index (χ3v) is 23.8. The molecule has 0 saturated carbocycles. The van der Waals surface area contributed by atoms with Crippen molar-refractivity contribution < 1.29 is 80.2 Å². The van der Waals surface area contributed by atoms with E-state index in [-0.39, 0.29) is 25.7 Å². The van der Waals surface area contributed by atoms with Gasteiger partial charge in [0.05, 0.1) is 26.4 Å². The molecule has 8 atom stereocenters. The van der Waals surface area contributed by atoms with E-state index in [2.05, 4.69) is 55.4 Å².